The van der Waals surface area contributed by atoms with E-state index in [4.69, 9.17) is 4.42 Å². The van der Waals surface area contributed by atoms with Crippen LogP contribution in [0.3, 0.4) is 0 Å². The number of pyridine rings is 1. The van der Waals surface area contributed by atoms with Gasteiger partial charge in [0.15, 0.2) is 0 Å². The lowest BCUT2D eigenvalue weighted by molar-refractivity contribution is 0.0943. The molecule has 1 aliphatic rings. The largest absolute Gasteiger partial charge is 0.410 e. The Morgan fingerprint density at radius 3 is 2.82 bits per heavy atom. The second-order valence-corrected chi connectivity index (χ2v) is 7.68. The highest BCUT2D eigenvalue weighted by Crippen LogP contribution is 2.32. The molecule has 1 aliphatic carbocycles. The Labute approximate surface area is 166 Å². The van der Waals surface area contributed by atoms with E-state index in [0.29, 0.717) is 16.8 Å². The van der Waals surface area contributed by atoms with Gasteiger partial charge in [-0.25, -0.2) is 0 Å². The maximum atomic E-state index is 13.1. The summed E-state index contributed by atoms with van der Waals surface area (Å²) in [6.45, 7) is 0. The van der Waals surface area contributed by atoms with Crippen molar-refractivity contribution in [2.24, 2.45) is 0 Å². The van der Waals surface area contributed by atoms with Crippen molar-refractivity contribution < 1.29 is 9.21 Å². The lowest BCUT2D eigenvalue weighted by Crippen LogP contribution is -2.18. The summed E-state index contributed by atoms with van der Waals surface area (Å²) in [5.74, 6) is 0.649. The molecular weight excluding hydrogens is 372 g/mol. The zero-order chi connectivity index (χ0) is 18.9. The van der Waals surface area contributed by atoms with Crippen LogP contribution in [-0.4, -0.2) is 31.4 Å². The van der Waals surface area contributed by atoms with Crippen molar-refractivity contribution in [3.8, 4) is 11.6 Å². The molecule has 28 heavy (non-hydrogen) atoms. The molecule has 4 aromatic rings. The van der Waals surface area contributed by atoms with Gasteiger partial charge in [-0.3, -0.25) is 14.3 Å². The molecule has 0 fully saturated rings. The maximum Gasteiger partial charge on any atom is 0.277 e. The number of para-hydroxylation sites is 1. The van der Waals surface area contributed by atoms with Crippen LogP contribution < -0.4 is 0 Å². The maximum absolute atomic E-state index is 13.1. The van der Waals surface area contributed by atoms with Crippen LogP contribution in [0.2, 0.25) is 0 Å². The molecule has 1 aromatic carbocycles. The highest BCUT2D eigenvalue weighted by Gasteiger charge is 2.23. The first kappa shape index (κ1) is 17.2. The number of rotatable bonds is 4. The minimum Gasteiger partial charge on any atom is -0.410 e. The van der Waals surface area contributed by atoms with Crippen molar-refractivity contribution in [2.75, 3.05) is 5.75 Å². The zero-order valence-electron chi connectivity index (χ0n) is 15.2. The standard InChI is InChI=1S/C21H18N4O2S/c26-19(13-28-21-24-23-20(27-21)16-9-5-6-12-22-16)25-17-10-3-1-7-14(17)15-8-2-4-11-18(15)25/h1,3,5-7,9-10,12H,2,4,8,11,13H2. The van der Waals surface area contributed by atoms with Crippen molar-refractivity contribution >= 4 is 28.6 Å². The highest BCUT2D eigenvalue weighted by molar-refractivity contribution is 7.99. The Balaban J connectivity index is 1.39. The van der Waals surface area contributed by atoms with Crippen LogP contribution in [0.25, 0.3) is 22.5 Å². The molecule has 0 amide bonds. The number of fused-ring (bicyclic) bond motifs is 3. The third-order valence-electron chi connectivity index (χ3n) is 5.04. The molecule has 3 heterocycles. The predicted octanol–water partition coefficient (Wildman–Crippen LogP) is 4.40. The van der Waals surface area contributed by atoms with E-state index in [-0.39, 0.29) is 11.7 Å². The molecule has 0 saturated carbocycles. The van der Waals surface area contributed by atoms with Crippen LogP contribution in [0.1, 0.15) is 28.9 Å². The summed E-state index contributed by atoms with van der Waals surface area (Å²) in [6, 6.07) is 13.7. The third kappa shape index (κ3) is 3.01. The van der Waals surface area contributed by atoms with Crippen molar-refractivity contribution in [2.45, 2.75) is 30.9 Å². The summed E-state index contributed by atoms with van der Waals surface area (Å²) in [5, 5.41) is 9.64. The minimum absolute atomic E-state index is 0.0435. The van der Waals surface area contributed by atoms with E-state index >= 15 is 0 Å². The van der Waals surface area contributed by atoms with E-state index in [9.17, 15) is 4.79 Å². The summed E-state index contributed by atoms with van der Waals surface area (Å²) in [4.78, 5) is 17.3. The van der Waals surface area contributed by atoms with Crippen molar-refractivity contribution in [1.29, 1.82) is 0 Å². The fourth-order valence-electron chi connectivity index (χ4n) is 3.83. The number of thioether (sulfide) groups is 1. The van der Waals surface area contributed by atoms with Crippen LogP contribution >= 0.6 is 11.8 Å². The molecule has 0 radical (unpaired) electrons. The first-order chi connectivity index (χ1) is 13.8. The monoisotopic (exact) mass is 390 g/mol. The molecule has 7 heteroatoms. The molecule has 0 spiro atoms. The van der Waals surface area contributed by atoms with Crippen LogP contribution in [0.5, 0.6) is 0 Å². The molecule has 3 aromatic heterocycles. The summed E-state index contributed by atoms with van der Waals surface area (Å²) < 4.78 is 7.55. The highest BCUT2D eigenvalue weighted by atomic mass is 32.2. The lowest BCUT2D eigenvalue weighted by atomic mass is 9.96. The zero-order valence-corrected chi connectivity index (χ0v) is 16.0. The number of benzene rings is 1. The Kier molecular flexibility index (Phi) is 4.44. The van der Waals surface area contributed by atoms with Crippen LogP contribution in [-0.2, 0) is 12.8 Å². The van der Waals surface area contributed by atoms with E-state index in [1.165, 1.54) is 29.1 Å². The average molecular weight is 390 g/mol. The molecule has 5 rings (SSSR count). The number of aromatic nitrogens is 4. The summed E-state index contributed by atoms with van der Waals surface area (Å²) >= 11 is 1.26. The molecule has 0 N–H and O–H groups in total. The van der Waals surface area contributed by atoms with Crippen molar-refractivity contribution in [1.82, 2.24) is 19.7 Å². The number of carbonyl (C=O) groups excluding carboxylic acids is 1. The van der Waals surface area contributed by atoms with E-state index in [2.05, 4.69) is 21.2 Å². The second kappa shape index (κ2) is 7.24. The van der Waals surface area contributed by atoms with Gasteiger partial charge < -0.3 is 4.42 Å². The number of aryl methyl sites for hydroxylation is 1. The van der Waals surface area contributed by atoms with E-state index in [1.54, 1.807) is 6.20 Å². The smallest absolute Gasteiger partial charge is 0.277 e. The van der Waals surface area contributed by atoms with Gasteiger partial charge >= 0.3 is 0 Å². The Morgan fingerprint density at radius 2 is 1.93 bits per heavy atom. The SMILES string of the molecule is O=C(CSc1nnc(-c2ccccn2)o1)n1c2c(c3ccccc31)CCCC2. The quantitative estimate of drug-likeness (QED) is 0.481. The Hall–Kier alpha value is -2.93. The summed E-state index contributed by atoms with van der Waals surface area (Å²) in [5.41, 5.74) is 4.12. The first-order valence-corrected chi connectivity index (χ1v) is 10.3. The molecule has 140 valence electrons. The van der Waals surface area contributed by atoms with Gasteiger partial charge in [0.1, 0.15) is 5.69 Å². The van der Waals surface area contributed by atoms with Gasteiger partial charge in [-0.05, 0) is 49.4 Å². The van der Waals surface area contributed by atoms with Gasteiger partial charge in [-0.1, -0.05) is 36.0 Å². The molecule has 0 unspecified atom stereocenters. The number of hydrogen-bond donors (Lipinski definition) is 0. The first-order valence-electron chi connectivity index (χ1n) is 9.33. The van der Waals surface area contributed by atoms with Gasteiger partial charge in [-0.2, -0.15) is 0 Å². The fraction of sp³-hybridized carbons (Fsp3) is 0.238. The minimum atomic E-state index is 0.0435. The average Bonchev–Trinajstić information content (AvgIpc) is 3.36. The van der Waals surface area contributed by atoms with E-state index < -0.39 is 0 Å². The number of nitrogens with zero attached hydrogens (tertiary/aromatic N) is 4. The topological polar surface area (TPSA) is 73.8 Å². The second-order valence-electron chi connectivity index (χ2n) is 6.76. The van der Waals surface area contributed by atoms with Gasteiger partial charge in [0.05, 0.1) is 11.3 Å². The predicted molar refractivity (Wildman–Crippen MR) is 107 cm³/mol. The number of hydrogen-bond acceptors (Lipinski definition) is 6. The van der Waals surface area contributed by atoms with Crippen LogP contribution in [0.15, 0.2) is 58.3 Å². The lowest BCUT2D eigenvalue weighted by Gasteiger charge is -2.14. The molecule has 0 aliphatic heterocycles. The normalized spacial score (nSPS) is 13.6. The van der Waals surface area contributed by atoms with Crippen LogP contribution in [0.4, 0.5) is 0 Å². The number of carbonyl (C=O) groups is 1. The molecule has 0 saturated heterocycles. The van der Waals surface area contributed by atoms with Gasteiger partial charge in [-0.15, -0.1) is 10.2 Å². The molecule has 0 atom stereocenters. The van der Waals surface area contributed by atoms with E-state index in [0.717, 1.165) is 30.5 Å². The van der Waals surface area contributed by atoms with Gasteiger partial charge in [0.2, 0.25) is 5.91 Å². The van der Waals surface area contributed by atoms with Gasteiger partial charge in [0, 0.05) is 17.3 Å². The van der Waals surface area contributed by atoms with Crippen LogP contribution in [0, 0.1) is 0 Å². The Bertz CT molecular complexity index is 1150. The van der Waals surface area contributed by atoms with Gasteiger partial charge in [0.25, 0.3) is 11.1 Å². The summed E-state index contributed by atoms with van der Waals surface area (Å²) in [7, 11) is 0. The molecular formula is C21H18N4O2S. The third-order valence-corrected chi connectivity index (χ3v) is 5.84. The van der Waals surface area contributed by atoms with Crippen molar-refractivity contribution in [3.05, 3.63) is 59.9 Å². The Morgan fingerprint density at radius 1 is 1.07 bits per heavy atom. The van der Waals surface area contributed by atoms with Crippen molar-refractivity contribution in [3.63, 3.8) is 0 Å². The fourth-order valence-corrected chi connectivity index (χ4v) is 4.44. The summed E-state index contributed by atoms with van der Waals surface area (Å²) in [6.07, 6.45) is 5.98. The molecule has 6 nitrogen and oxygen atoms in total. The molecule has 0 bridgehead atoms. The van der Waals surface area contributed by atoms with E-state index in [1.807, 2.05) is 41.0 Å².